The van der Waals surface area contributed by atoms with Crippen molar-refractivity contribution in [3.63, 3.8) is 0 Å². The third-order valence-corrected chi connectivity index (χ3v) is 5.31. The zero-order valence-electron chi connectivity index (χ0n) is 16.9. The fourth-order valence-electron chi connectivity index (χ4n) is 2.64. The van der Waals surface area contributed by atoms with E-state index >= 15 is 0 Å². The Hall–Kier alpha value is -1.46. The molecular formula is C19H30IN5O2S. The summed E-state index contributed by atoms with van der Waals surface area (Å²) >= 11 is 1.62. The Morgan fingerprint density at radius 1 is 1.43 bits per heavy atom. The molecule has 2 rings (SSSR count). The predicted octanol–water partition coefficient (Wildman–Crippen LogP) is 3.12. The average Bonchev–Trinajstić information content (AvgIpc) is 3.13. The Balaban J connectivity index is 0.00000392. The van der Waals surface area contributed by atoms with Gasteiger partial charge in [-0.1, -0.05) is 6.07 Å². The zero-order chi connectivity index (χ0) is 19.6. The molecule has 0 aliphatic heterocycles. The summed E-state index contributed by atoms with van der Waals surface area (Å²) in [5.41, 5.74) is 1.05. The molecule has 0 saturated heterocycles. The van der Waals surface area contributed by atoms with Crippen LogP contribution in [-0.2, 0) is 17.8 Å². The number of methoxy groups -OCH3 is 1. The molecule has 2 aromatic rings. The van der Waals surface area contributed by atoms with E-state index in [2.05, 4.69) is 25.6 Å². The van der Waals surface area contributed by atoms with Crippen molar-refractivity contribution in [3.05, 3.63) is 50.8 Å². The van der Waals surface area contributed by atoms with E-state index in [4.69, 9.17) is 4.74 Å². The van der Waals surface area contributed by atoms with Crippen LogP contribution in [0.3, 0.4) is 0 Å². The SMILES string of the molecule is CN=C(NCCCCn1ccccc1=O)N(C)Cc1csc(C(C)OC)n1.I. The normalized spacial score (nSPS) is 12.4. The molecule has 0 aliphatic carbocycles. The van der Waals surface area contributed by atoms with Crippen LogP contribution in [0.2, 0.25) is 0 Å². The monoisotopic (exact) mass is 519 g/mol. The number of halogens is 1. The van der Waals surface area contributed by atoms with E-state index in [0.717, 1.165) is 42.6 Å². The summed E-state index contributed by atoms with van der Waals surface area (Å²) in [5.74, 6) is 0.834. The van der Waals surface area contributed by atoms with E-state index in [1.165, 1.54) is 0 Å². The van der Waals surface area contributed by atoms with E-state index < -0.39 is 0 Å². The third kappa shape index (κ3) is 7.51. The smallest absolute Gasteiger partial charge is 0.250 e. The van der Waals surface area contributed by atoms with E-state index in [1.54, 1.807) is 42.2 Å². The minimum absolute atomic E-state index is 0. The lowest BCUT2D eigenvalue weighted by Gasteiger charge is -2.21. The minimum Gasteiger partial charge on any atom is -0.375 e. The summed E-state index contributed by atoms with van der Waals surface area (Å²) in [7, 11) is 5.47. The number of rotatable bonds is 9. The van der Waals surface area contributed by atoms with Crippen molar-refractivity contribution in [2.45, 2.75) is 39.0 Å². The lowest BCUT2D eigenvalue weighted by atomic mass is 10.3. The van der Waals surface area contributed by atoms with Crippen LogP contribution in [0.1, 0.15) is 36.6 Å². The summed E-state index contributed by atoms with van der Waals surface area (Å²) in [5, 5.41) is 6.42. The first-order valence-corrected chi connectivity index (χ1v) is 9.97. The van der Waals surface area contributed by atoms with Gasteiger partial charge in [0.2, 0.25) is 5.56 Å². The number of ether oxygens (including phenoxy) is 1. The fourth-order valence-corrected chi connectivity index (χ4v) is 3.48. The Morgan fingerprint density at radius 3 is 2.89 bits per heavy atom. The summed E-state index contributed by atoms with van der Waals surface area (Å²) in [6.07, 6.45) is 3.74. The number of hydrogen-bond acceptors (Lipinski definition) is 5. The number of thiazole rings is 1. The summed E-state index contributed by atoms with van der Waals surface area (Å²) < 4.78 is 7.05. The highest BCUT2D eigenvalue weighted by atomic mass is 127. The molecule has 2 heterocycles. The standard InChI is InChI=1S/C19H29N5O2S.HI/c1-15(26-4)18-22-16(14-27-18)13-23(3)19(20-2)21-10-6-8-12-24-11-7-5-9-17(24)25;/h5,7,9,11,14-15H,6,8,10,12-13H2,1-4H3,(H,20,21);1H. The zero-order valence-corrected chi connectivity index (χ0v) is 20.1. The van der Waals surface area contributed by atoms with Gasteiger partial charge in [0.1, 0.15) is 11.1 Å². The molecule has 0 radical (unpaired) electrons. The van der Waals surface area contributed by atoms with Gasteiger partial charge in [-0.05, 0) is 25.8 Å². The molecule has 0 aliphatic rings. The summed E-state index contributed by atoms with van der Waals surface area (Å²) in [6.45, 7) is 4.22. The van der Waals surface area contributed by atoms with Gasteiger partial charge in [-0.15, -0.1) is 35.3 Å². The van der Waals surface area contributed by atoms with Crippen molar-refractivity contribution in [2.24, 2.45) is 4.99 Å². The first-order valence-electron chi connectivity index (χ1n) is 9.09. The molecule has 0 fully saturated rings. The van der Waals surface area contributed by atoms with Gasteiger partial charge in [0.15, 0.2) is 5.96 Å². The van der Waals surface area contributed by atoms with Crippen molar-refractivity contribution in [2.75, 3.05) is 27.7 Å². The number of aryl methyl sites for hydroxylation is 1. The number of aromatic nitrogens is 2. The second kappa shape index (κ2) is 12.9. The van der Waals surface area contributed by atoms with Gasteiger partial charge in [-0.2, -0.15) is 0 Å². The second-order valence-electron chi connectivity index (χ2n) is 6.32. The van der Waals surface area contributed by atoms with Crippen LogP contribution < -0.4 is 10.9 Å². The Morgan fingerprint density at radius 2 is 2.21 bits per heavy atom. The highest BCUT2D eigenvalue weighted by molar-refractivity contribution is 14.0. The van der Waals surface area contributed by atoms with Crippen LogP contribution in [0, 0.1) is 0 Å². The van der Waals surface area contributed by atoms with E-state index in [9.17, 15) is 4.79 Å². The molecular weight excluding hydrogens is 489 g/mol. The van der Waals surface area contributed by atoms with Crippen LogP contribution in [0.4, 0.5) is 0 Å². The third-order valence-electron chi connectivity index (χ3n) is 4.25. The first kappa shape index (κ1) is 24.6. The molecule has 0 aromatic carbocycles. The molecule has 1 N–H and O–H groups in total. The highest BCUT2D eigenvalue weighted by Gasteiger charge is 2.12. The van der Waals surface area contributed by atoms with Gasteiger partial charge < -0.3 is 19.5 Å². The number of nitrogens with one attached hydrogen (secondary N) is 1. The molecule has 7 nitrogen and oxygen atoms in total. The number of unbranched alkanes of at least 4 members (excludes halogenated alkanes) is 1. The molecule has 0 spiro atoms. The summed E-state index contributed by atoms with van der Waals surface area (Å²) in [6, 6.07) is 5.24. The van der Waals surface area contributed by atoms with Crippen LogP contribution in [0.25, 0.3) is 0 Å². The average molecular weight is 519 g/mol. The molecule has 1 atom stereocenters. The maximum Gasteiger partial charge on any atom is 0.250 e. The maximum absolute atomic E-state index is 11.7. The van der Waals surface area contributed by atoms with E-state index in [0.29, 0.717) is 6.54 Å². The fraction of sp³-hybridized carbons (Fsp3) is 0.526. The van der Waals surface area contributed by atoms with Crippen molar-refractivity contribution < 1.29 is 4.74 Å². The minimum atomic E-state index is 0. The molecule has 0 bridgehead atoms. The molecule has 1 unspecified atom stereocenters. The largest absolute Gasteiger partial charge is 0.375 e. The maximum atomic E-state index is 11.7. The number of nitrogens with zero attached hydrogens (tertiary/aromatic N) is 4. The molecule has 28 heavy (non-hydrogen) atoms. The Labute approximate surface area is 187 Å². The van der Waals surface area contributed by atoms with Crippen molar-refractivity contribution in [1.29, 1.82) is 0 Å². The molecule has 9 heteroatoms. The quantitative estimate of drug-likeness (QED) is 0.239. The van der Waals surface area contributed by atoms with Gasteiger partial charge in [0, 0.05) is 51.9 Å². The van der Waals surface area contributed by atoms with Crippen molar-refractivity contribution in [1.82, 2.24) is 19.8 Å². The van der Waals surface area contributed by atoms with Crippen LogP contribution in [0.15, 0.2) is 39.6 Å². The Kier molecular flexibility index (Phi) is 11.3. The van der Waals surface area contributed by atoms with Crippen molar-refractivity contribution >= 4 is 41.3 Å². The lowest BCUT2D eigenvalue weighted by molar-refractivity contribution is 0.119. The number of hydrogen-bond donors (Lipinski definition) is 1. The van der Waals surface area contributed by atoms with E-state index in [-0.39, 0.29) is 35.6 Å². The second-order valence-corrected chi connectivity index (χ2v) is 7.21. The first-order chi connectivity index (χ1) is 13.0. The lowest BCUT2D eigenvalue weighted by Crippen LogP contribution is -2.39. The van der Waals surface area contributed by atoms with Crippen molar-refractivity contribution in [3.8, 4) is 0 Å². The van der Waals surface area contributed by atoms with Gasteiger partial charge >= 0.3 is 0 Å². The molecule has 2 aromatic heterocycles. The van der Waals surface area contributed by atoms with E-state index in [1.807, 2.05) is 26.2 Å². The highest BCUT2D eigenvalue weighted by Crippen LogP contribution is 2.20. The van der Waals surface area contributed by atoms with Gasteiger partial charge in [0.05, 0.1) is 12.2 Å². The number of guanidine groups is 1. The predicted molar refractivity (Wildman–Crippen MR) is 126 cm³/mol. The van der Waals surface area contributed by atoms with Gasteiger partial charge in [-0.3, -0.25) is 9.79 Å². The Bertz CT molecular complexity index is 792. The van der Waals surface area contributed by atoms with Gasteiger partial charge in [-0.25, -0.2) is 4.98 Å². The molecule has 156 valence electrons. The van der Waals surface area contributed by atoms with Crippen LogP contribution in [-0.4, -0.2) is 48.2 Å². The number of pyridine rings is 1. The molecule has 0 amide bonds. The summed E-state index contributed by atoms with van der Waals surface area (Å²) in [4.78, 5) is 22.7. The topological polar surface area (TPSA) is 71.8 Å². The van der Waals surface area contributed by atoms with Crippen LogP contribution in [0.5, 0.6) is 0 Å². The number of aliphatic imine (C=N–C) groups is 1. The van der Waals surface area contributed by atoms with Gasteiger partial charge in [0.25, 0.3) is 0 Å². The van der Waals surface area contributed by atoms with Crippen LogP contribution >= 0.6 is 35.3 Å². The molecule has 0 saturated carbocycles.